The first-order valence-electron chi connectivity index (χ1n) is 9.50. The highest BCUT2D eigenvalue weighted by Gasteiger charge is 2.47. The molecule has 0 saturated heterocycles. The Morgan fingerprint density at radius 2 is 1.88 bits per heavy atom. The topological polar surface area (TPSA) is 85.7 Å². The van der Waals surface area contributed by atoms with Gasteiger partial charge in [-0.2, -0.15) is 0 Å². The number of nitrogens with one attached hydrogen (secondary N) is 1. The van der Waals surface area contributed by atoms with Crippen LogP contribution in [0.15, 0.2) is 28.5 Å². The predicted molar refractivity (Wildman–Crippen MR) is 107 cm³/mol. The van der Waals surface area contributed by atoms with E-state index in [1.807, 2.05) is 6.20 Å². The Labute approximate surface area is 153 Å². The van der Waals surface area contributed by atoms with Gasteiger partial charge in [-0.15, -0.1) is 0 Å². The number of rotatable bonds is 3. The van der Waals surface area contributed by atoms with E-state index in [0.717, 1.165) is 42.8 Å². The first kappa shape index (κ1) is 18.7. The molecule has 2 aliphatic heterocycles. The lowest BCUT2D eigenvalue weighted by Gasteiger charge is -2.46. The summed E-state index contributed by atoms with van der Waals surface area (Å²) in [5.74, 6) is 1.25. The van der Waals surface area contributed by atoms with Gasteiger partial charge >= 0.3 is 0 Å². The number of hydrogen-bond donors (Lipinski definition) is 3. The largest absolute Gasteiger partial charge is 0.414 e. The molecule has 3 rings (SSSR count). The lowest BCUT2D eigenvalue weighted by molar-refractivity contribution is 0.103. The van der Waals surface area contributed by atoms with E-state index in [1.54, 1.807) is 0 Å². The SMILES string of the molecule is CC(C)(C)[Si](C)(C)OC1CCC(C2(N)C(N)=CNC3=NCC=C32)CC1. The molecule has 1 unspecified atom stereocenters. The standard InChI is InChI=1S/C19H34N4OSi/c1-18(2,3)25(4,5)24-14-8-6-13(7-9-14)19(21)15-10-11-22-17(15)23-12-16(19)20/h10,12-14H,6-9,11,20-21H2,1-5H3,(H,22,23). The van der Waals surface area contributed by atoms with Crippen LogP contribution < -0.4 is 16.8 Å². The third-order valence-corrected chi connectivity index (χ3v) is 11.2. The van der Waals surface area contributed by atoms with Crippen LogP contribution in [0.2, 0.25) is 18.1 Å². The van der Waals surface area contributed by atoms with Gasteiger partial charge in [-0.05, 0) is 49.7 Å². The molecule has 0 bridgehead atoms. The summed E-state index contributed by atoms with van der Waals surface area (Å²) in [7, 11) is -1.72. The van der Waals surface area contributed by atoms with E-state index in [9.17, 15) is 0 Å². The van der Waals surface area contributed by atoms with Gasteiger partial charge < -0.3 is 21.2 Å². The van der Waals surface area contributed by atoms with Crippen LogP contribution in [0.1, 0.15) is 46.5 Å². The first-order valence-corrected chi connectivity index (χ1v) is 12.4. The average Bonchev–Trinajstić information content (AvgIpc) is 3.00. The molecule has 140 valence electrons. The van der Waals surface area contributed by atoms with E-state index in [4.69, 9.17) is 15.9 Å². The summed E-state index contributed by atoms with van der Waals surface area (Å²) in [6.45, 7) is 12.3. The maximum Gasteiger partial charge on any atom is 0.192 e. The van der Waals surface area contributed by atoms with E-state index in [1.165, 1.54) is 0 Å². The van der Waals surface area contributed by atoms with Crippen molar-refractivity contribution in [2.24, 2.45) is 22.4 Å². The van der Waals surface area contributed by atoms with E-state index >= 15 is 0 Å². The molecule has 1 saturated carbocycles. The summed E-state index contributed by atoms with van der Waals surface area (Å²) in [6.07, 6.45) is 8.55. The predicted octanol–water partition coefficient (Wildman–Crippen LogP) is 3.01. The fourth-order valence-corrected chi connectivity index (χ4v) is 5.43. The summed E-state index contributed by atoms with van der Waals surface area (Å²) in [5, 5.41) is 3.43. The molecule has 0 amide bonds. The van der Waals surface area contributed by atoms with Crippen molar-refractivity contribution in [2.75, 3.05) is 6.54 Å². The summed E-state index contributed by atoms with van der Waals surface area (Å²) in [6, 6.07) is 0. The summed E-state index contributed by atoms with van der Waals surface area (Å²) >= 11 is 0. The molecule has 0 spiro atoms. The third-order valence-electron chi connectivity index (χ3n) is 6.67. The van der Waals surface area contributed by atoms with Gasteiger partial charge in [0.15, 0.2) is 8.32 Å². The lowest BCUT2D eigenvalue weighted by Crippen LogP contribution is -2.59. The number of nitrogens with zero attached hydrogens (tertiary/aromatic N) is 1. The van der Waals surface area contributed by atoms with Crippen LogP contribution in [0.3, 0.4) is 0 Å². The smallest absolute Gasteiger partial charge is 0.192 e. The molecular weight excluding hydrogens is 328 g/mol. The molecule has 0 radical (unpaired) electrons. The molecule has 2 heterocycles. The summed E-state index contributed by atoms with van der Waals surface area (Å²) in [4.78, 5) is 4.49. The van der Waals surface area contributed by atoms with Crippen LogP contribution in [0.25, 0.3) is 0 Å². The zero-order valence-electron chi connectivity index (χ0n) is 16.4. The fourth-order valence-electron chi connectivity index (χ4n) is 4.00. The summed E-state index contributed by atoms with van der Waals surface area (Å²) in [5.41, 5.74) is 14.5. The van der Waals surface area contributed by atoms with Gasteiger partial charge in [0, 0.05) is 23.6 Å². The Morgan fingerprint density at radius 3 is 2.48 bits per heavy atom. The van der Waals surface area contributed by atoms with Gasteiger partial charge in [-0.1, -0.05) is 26.8 Å². The maximum atomic E-state index is 6.89. The van der Waals surface area contributed by atoms with E-state index < -0.39 is 13.9 Å². The molecule has 1 atom stereocenters. The Morgan fingerprint density at radius 1 is 1.24 bits per heavy atom. The first-order chi connectivity index (χ1) is 11.6. The molecule has 0 aromatic rings. The number of amidine groups is 1. The molecule has 1 aliphatic carbocycles. The van der Waals surface area contributed by atoms with E-state index in [-0.39, 0.29) is 5.04 Å². The fraction of sp³-hybridized carbons (Fsp3) is 0.737. The highest BCUT2D eigenvalue weighted by molar-refractivity contribution is 6.74. The molecule has 5 N–H and O–H groups in total. The molecule has 25 heavy (non-hydrogen) atoms. The van der Waals surface area contributed by atoms with Gasteiger partial charge in [-0.3, -0.25) is 4.99 Å². The molecule has 6 heteroatoms. The zero-order chi connectivity index (χ0) is 18.5. The van der Waals surface area contributed by atoms with Crippen molar-refractivity contribution < 1.29 is 4.43 Å². The quantitative estimate of drug-likeness (QED) is 0.674. The Hall–Kier alpha value is -1.11. The maximum absolute atomic E-state index is 6.89. The van der Waals surface area contributed by atoms with Gasteiger partial charge in [0.1, 0.15) is 5.84 Å². The van der Waals surface area contributed by atoms with Crippen LogP contribution in [0.4, 0.5) is 0 Å². The Balaban J connectivity index is 1.69. The van der Waals surface area contributed by atoms with Crippen LogP contribution in [0, 0.1) is 5.92 Å². The van der Waals surface area contributed by atoms with Crippen LogP contribution >= 0.6 is 0 Å². The van der Waals surface area contributed by atoms with Gasteiger partial charge in [0.2, 0.25) is 0 Å². The highest BCUT2D eigenvalue weighted by Crippen LogP contribution is 2.44. The van der Waals surface area contributed by atoms with Crippen molar-refractivity contribution in [3.63, 3.8) is 0 Å². The number of fused-ring (bicyclic) bond motifs is 1. The molecule has 1 fully saturated rings. The summed E-state index contributed by atoms with van der Waals surface area (Å²) < 4.78 is 6.63. The molecule has 5 nitrogen and oxygen atoms in total. The normalized spacial score (nSPS) is 33.1. The molecule has 0 aromatic heterocycles. The lowest BCUT2D eigenvalue weighted by atomic mass is 9.68. The zero-order valence-corrected chi connectivity index (χ0v) is 17.4. The van der Waals surface area contributed by atoms with Gasteiger partial charge in [0.05, 0.1) is 12.1 Å². The van der Waals surface area contributed by atoms with Gasteiger partial charge in [0.25, 0.3) is 0 Å². The van der Waals surface area contributed by atoms with E-state index in [0.29, 0.717) is 18.6 Å². The number of aliphatic imine (C=N–C) groups is 1. The second-order valence-corrected chi connectivity index (χ2v) is 14.0. The Bertz CT molecular complexity index is 624. The minimum absolute atomic E-state index is 0.251. The molecule has 0 aromatic carbocycles. The van der Waals surface area contributed by atoms with Crippen LogP contribution in [-0.2, 0) is 4.43 Å². The van der Waals surface area contributed by atoms with Crippen molar-refractivity contribution in [3.05, 3.63) is 23.5 Å². The minimum atomic E-state index is -1.72. The number of hydrogen-bond acceptors (Lipinski definition) is 5. The van der Waals surface area contributed by atoms with Crippen molar-refractivity contribution in [1.29, 1.82) is 0 Å². The van der Waals surface area contributed by atoms with E-state index in [2.05, 4.69) is 50.3 Å². The van der Waals surface area contributed by atoms with Crippen molar-refractivity contribution in [3.8, 4) is 0 Å². The minimum Gasteiger partial charge on any atom is -0.414 e. The second kappa shape index (κ2) is 6.25. The number of nitrogens with two attached hydrogens (primary N) is 2. The van der Waals surface area contributed by atoms with Crippen LogP contribution in [0.5, 0.6) is 0 Å². The van der Waals surface area contributed by atoms with Gasteiger partial charge in [-0.25, -0.2) is 0 Å². The highest BCUT2D eigenvalue weighted by atomic mass is 28.4. The average molecular weight is 363 g/mol. The Kier molecular flexibility index (Phi) is 4.67. The third kappa shape index (κ3) is 3.20. The van der Waals surface area contributed by atoms with Crippen molar-refractivity contribution in [2.45, 2.75) is 76.2 Å². The monoisotopic (exact) mass is 362 g/mol. The second-order valence-electron chi connectivity index (χ2n) is 9.27. The molecule has 3 aliphatic rings. The van der Waals surface area contributed by atoms with Crippen LogP contribution in [-0.4, -0.2) is 32.3 Å². The van der Waals surface area contributed by atoms with Crippen molar-refractivity contribution in [1.82, 2.24) is 5.32 Å². The van der Waals surface area contributed by atoms with Crippen molar-refractivity contribution >= 4 is 14.2 Å². The molecular formula is C19H34N4OSi.